The van der Waals surface area contributed by atoms with E-state index in [-0.39, 0.29) is 0 Å². The van der Waals surface area contributed by atoms with Crippen LogP contribution in [0.25, 0.3) is 0 Å². The smallest absolute Gasteiger partial charge is 0.162 e. The highest BCUT2D eigenvalue weighted by Gasteiger charge is 2.28. The number of halogens is 2. The Bertz CT molecular complexity index is 419. The normalized spacial score (nSPS) is 27.5. The molecule has 1 aromatic rings. The fourth-order valence-corrected chi connectivity index (χ4v) is 3.24. The van der Waals surface area contributed by atoms with Crippen molar-refractivity contribution in [1.29, 1.82) is 0 Å². The zero-order chi connectivity index (χ0) is 13.8. The highest BCUT2D eigenvalue weighted by Crippen LogP contribution is 2.32. The minimum absolute atomic E-state index is 0.403. The minimum Gasteiger partial charge on any atom is -0.314 e. The Morgan fingerprint density at radius 2 is 2.05 bits per heavy atom. The van der Waals surface area contributed by atoms with Gasteiger partial charge in [0.1, 0.15) is 0 Å². The van der Waals surface area contributed by atoms with E-state index in [4.69, 9.17) is 0 Å². The van der Waals surface area contributed by atoms with Gasteiger partial charge in [-0.1, -0.05) is 26.0 Å². The maximum absolute atomic E-state index is 13.8. The summed E-state index contributed by atoms with van der Waals surface area (Å²) in [6.45, 7) is 5.27. The molecule has 1 fully saturated rings. The Hall–Kier alpha value is -0.960. The van der Waals surface area contributed by atoms with Crippen LogP contribution >= 0.6 is 0 Å². The van der Waals surface area contributed by atoms with Crippen molar-refractivity contribution < 1.29 is 8.78 Å². The largest absolute Gasteiger partial charge is 0.314 e. The highest BCUT2D eigenvalue weighted by atomic mass is 19.2. The van der Waals surface area contributed by atoms with Gasteiger partial charge in [-0.3, -0.25) is 0 Å². The van der Waals surface area contributed by atoms with E-state index < -0.39 is 11.6 Å². The van der Waals surface area contributed by atoms with E-state index in [1.807, 2.05) is 0 Å². The van der Waals surface area contributed by atoms with E-state index in [0.717, 1.165) is 19.4 Å². The molecule has 3 atom stereocenters. The summed E-state index contributed by atoms with van der Waals surface area (Å²) in [6.07, 6.45) is 4.08. The Morgan fingerprint density at radius 1 is 1.26 bits per heavy atom. The lowest BCUT2D eigenvalue weighted by atomic mass is 9.76. The molecule has 3 unspecified atom stereocenters. The van der Waals surface area contributed by atoms with E-state index >= 15 is 0 Å². The van der Waals surface area contributed by atoms with Crippen molar-refractivity contribution in [2.75, 3.05) is 6.54 Å². The molecule has 1 aromatic carbocycles. The van der Waals surface area contributed by atoms with Gasteiger partial charge in [-0.15, -0.1) is 0 Å². The summed E-state index contributed by atoms with van der Waals surface area (Å²) in [7, 11) is 0. The summed E-state index contributed by atoms with van der Waals surface area (Å²) in [5.41, 5.74) is 0.516. The lowest BCUT2D eigenvalue weighted by Gasteiger charge is -2.35. The average molecular weight is 267 g/mol. The van der Waals surface area contributed by atoms with Gasteiger partial charge in [-0.2, -0.15) is 0 Å². The first-order valence-corrected chi connectivity index (χ1v) is 7.28. The molecule has 0 saturated heterocycles. The topological polar surface area (TPSA) is 12.0 Å². The zero-order valence-corrected chi connectivity index (χ0v) is 11.8. The van der Waals surface area contributed by atoms with E-state index in [9.17, 15) is 8.78 Å². The van der Waals surface area contributed by atoms with Crippen molar-refractivity contribution in [1.82, 2.24) is 5.32 Å². The number of rotatable bonds is 4. The van der Waals surface area contributed by atoms with Crippen LogP contribution in [-0.2, 0) is 6.42 Å². The molecule has 3 heteroatoms. The number of hydrogen-bond donors (Lipinski definition) is 1. The van der Waals surface area contributed by atoms with Gasteiger partial charge in [0.05, 0.1) is 0 Å². The SMILES string of the molecule is CCNC1CCC(C)CC1Cc1cccc(F)c1F. The van der Waals surface area contributed by atoms with Crippen LogP contribution in [0.5, 0.6) is 0 Å². The van der Waals surface area contributed by atoms with Gasteiger partial charge in [0.25, 0.3) is 0 Å². The van der Waals surface area contributed by atoms with Crippen LogP contribution in [0.1, 0.15) is 38.7 Å². The minimum atomic E-state index is -0.735. The maximum Gasteiger partial charge on any atom is 0.162 e. The molecule has 0 spiro atoms. The fourth-order valence-electron chi connectivity index (χ4n) is 3.24. The van der Waals surface area contributed by atoms with Crippen molar-refractivity contribution in [2.24, 2.45) is 11.8 Å². The van der Waals surface area contributed by atoms with Gasteiger partial charge in [0.15, 0.2) is 11.6 Å². The van der Waals surface area contributed by atoms with E-state index in [0.29, 0.717) is 29.9 Å². The molecule has 19 heavy (non-hydrogen) atoms. The molecule has 2 rings (SSSR count). The molecule has 0 bridgehead atoms. The van der Waals surface area contributed by atoms with Gasteiger partial charge in [-0.25, -0.2) is 8.78 Å². The van der Waals surface area contributed by atoms with Gasteiger partial charge in [-0.05, 0) is 55.7 Å². The van der Waals surface area contributed by atoms with E-state index in [1.165, 1.54) is 12.5 Å². The molecule has 0 radical (unpaired) electrons. The Kier molecular flexibility index (Phi) is 4.92. The van der Waals surface area contributed by atoms with Gasteiger partial charge < -0.3 is 5.32 Å². The standard InChI is InChI=1S/C16H23F2N/c1-3-19-15-8-7-11(2)9-13(15)10-12-5-4-6-14(17)16(12)18/h4-6,11,13,15,19H,3,7-10H2,1-2H3. The highest BCUT2D eigenvalue weighted by molar-refractivity contribution is 5.20. The lowest BCUT2D eigenvalue weighted by molar-refractivity contribution is 0.212. The monoisotopic (exact) mass is 267 g/mol. The predicted molar refractivity (Wildman–Crippen MR) is 74.0 cm³/mol. The molecule has 0 heterocycles. The molecular weight excluding hydrogens is 244 g/mol. The van der Waals surface area contributed by atoms with Crippen LogP contribution in [-0.4, -0.2) is 12.6 Å². The van der Waals surface area contributed by atoms with E-state index in [2.05, 4.69) is 19.2 Å². The molecule has 106 valence electrons. The predicted octanol–water partition coefficient (Wildman–Crippen LogP) is 3.92. The van der Waals surface area contributed by atoms with Gasteiger partial charge in [0, 0.05) is 6.04 Å². The first-order chi connectivity index (χ1) is 9.11. The van der Waals surface area contributed by atoms with Crippen LogP contribution in [0.15, 0.2) is 18.2 Å². The lowest BCUT2D eigenvalue weighted by Crippen LogP contribution is -2.41. The molecule has 1 nitrogen and oxygen atoms in total. The Balaban J connectivity index is 2.11. The molecule has 1 saturated carbocycles. The number of benzene rings is 1. The molecule has 0 amide bonds. The fraction of sp³-hybridized carbons (Fsp3) is 0.625. The summed E-state index contributed by atoms with van der Waals surface area (Å²) in [6, 6.07) is 4.93. The molecule has 0 aromatic heterocycles. The number of hydrogen-bond acceptors (Lipinski definition) is 1. The van der Waals surface area contributed by atoms with Crippen molar-refractivity contribution >= 4 is 0 Å². The third-order valence-corrected chi connectivity index (χ3v) is 4.22. The third kappa shape index (κ3) is 3.53. The quantitative estimate of drug-likeness (QED) is 0.871. The summed E-state index contributed by atoms with van der Waals surface area (Å²) in [4.78, 5) is 0. The van der Waals surface area contributed by atoms with Crippen molar-refractivity contribution in [3.63, 3.8) is 0 Å². The van der Waals surface area contributed by atoms with Crippen LogP contribution < -0.4 is 5.32 Å². The number of nitrogens with one attached hydrogen (secondary N) is 1. The summed E-state index contributed by atoms with van der Waals surface area (Å²) < 4.78 is 27.0. The van der Waals surface area contributed by atoms with Gasteiger partial charge in [0.2, 0.25) is 0 Å². The average Bonchev–Trinajstić information content (AvgIpc) is 2.38. The Labute approximate surface area is 114 Å². The first kappa shape index (κ1) is 14.4. The zero-order valence-electron chi connectivity index (χ0n) is 11.8. The van der Waals surface area contributed by atoms with Crippen LogP contribution in [0.4, 0.5) is 8.78 Å². The summed E-state index contributed by atoms with van der Waals surface area (Å²) >= 11 is 0. The second-order valence-corrected chi connectivity index (χ2v) is 5.76. The van der Waals surface area contributed by atoms with Gasteiger partial charge >= 0.3 is 0 Å². The molecule has 1 aliphatic carbocycles. The molecular formula is C16H23F2N. The second kappa shape index (κ2) is 6.47. The molecule has 1 N–H and O–H groups in total. The van der Waals surface area contributed by atoms with Crippen LogP contribution in [0.2, 0.25) is 0 Å². The Morgan fingerprint density at radius 3 is 2.79 bits per heavy atom. The third-order valence-electron chi connectivity index (χ3n) is 4.22. The second-order valence-electron chi connectivity index (χ2n) is 5.76. The maximum atomic E-state index is 13.8. The summed E-state index contributed by atoms with van der Waals surface area (Å²) in [5, 5.41) is 3.49. The summed E-state index contributed by atoms with van der Waals surface area (Å²) in [5.74, 6) is -0.325. The first-order valence-electron chi connectivity index (χ1n) is 7.28. The van der Waals surface area contributed by atoms with Crippen molar-refractivity contribution in [3.05, 3.63) is 35.4 Å². The van der Waals surface area contributed by atoms with Crippen LogP contribution in [0.3, 0.4) is 0 Å². The van der Waals surface area contributed by atoms with Crippen LogP contribution in [0, 0.1) is 23.5 Å². The molecule has 1 aliphatic rings. The molecule has 0 aliphatic heterocycles. The van der Waals surface area contributed by atoms with E-state index in [1.54, 1.807) is 12.1 Å². The van der Waals surface area contributed by atoms with Crippen molar-refractivity contribution in [3.8, 4) is 0 Å². The van der Waals surface area contributed by atoms with Crippen molar-refractivity contribution in [2.45, 2.75) is 45.6 Å².